The summed E-state index contributed by atoms with van der Waals surface area (Å²) in [7, 11) is 6.66. The van der Waals surface area contributed by atoms with E-state index in [9.17, 15) is 0 Å². The fraction of sp³-hybridized carbons (Fsp3) is 0.368. The van der Waals surface area contributed by atoms with Gasteiger partial charge in [-0.25, -0.2) is 0 Å². The van der Waals surface area contributed by atoms with Gasteiger partial charge < -0.3 is 18.9 Å². The first kappa shape index (κ1) is 17.3. The Morgan fingerprint density at radius 2 is 1.04 bits per heavy atom. The van der Waals surface area contributed by atoms with Gasteiger partial charge in [0.05, 0.1) is 14.2 Å². The first-order valence-electron chi connectivity index (χ1n) is 7.55. The molecule has 0 spiro atoms. The van der Waals surface area contributed by atoms with Crippen molar-refractivity contribution in [1.82, 2.24) is 0 Å². The number of ether oxygens (including phenoxy) is 4. The summed E-state index contributed by atoms with van der Waals surface area (Å²) in [5.41, 5.74) is 2.38. The van der Waals surface area contributed by atoms with Crippen LogP contribution in [0.3, 0.4) is 0 Å². The minimum Gasteiger partial charge on any atom is -0.497 e. The highest BCUT2D eigenvalue weighted by Crippen LogP contribution is 2.32. The van der Waals surface area contributed by atoms with Crippen LogP contribution in [0.15, 0.2) is 48.5 Å². The third-order valence-corrected chi connectivity index (χ3v) is 3.99. The molecule has 23 heavy (non-hydrogen) atoms. The maximum absolute atomic E-state index is 5.39. The third kappa shape index (κ3) is 4.47. The van der Waals surface area contributed by atoms with Gasteiger partial charge in [0, 0.05) is 26.6 Å². The van der Waals surface area contributed by atoms with Crippen molar-refractivity contribution in [2.75, 3.05) is 28.4 Å². The lowest BCUT2D eigenvalue weighted by atomic mass is 9.88. The molecule has 0 radical (unpaired) electrons. The van der Waals surface area contributed by atoms with E-state index in [0.717, 1.165) is 17.9 Å². The van der Waals surface area contributed by atoms with E-state index in [1.165, 1.54) is 11.1 Å². The molecule has 0 aliphatic rings. The fourth-order valence-corrected chi connectivity index (χ4v) is 2.62. The molecule has 0 N–H and O–H groups in total. The van der Waals surface area contributed by atoms with Gasteiger partial charge in [-0.05, 0) is 35.4 Å². The fourth-order valence-electron chi connectivity index (χ4n) is 2.62. The Bertz CT molecular complexity index is 526. The molecule has 0 amide bonds. The number of hydrogen-bond acceptors (Lipinski definition) is 4. The smallest absolute Gasteiger partial charge is 0.157 e. The normalized spacial score (nSPS) is 11.0. The molecular weight excluding hydrogens is 292 g/mol. The molecule has 124 valence electrons. The molecular formula is C19H24O4. The summed E-state index contributed by atoms with van der Waals surface area (Å²) in [5.74, 6) is 1.85. The van der Waals surface area contributed by atoms with E-state index >= 15 is 0 Å². The highest BCUT2D eigenvalue weighted by molar-refractivity contribution is 5.38. The Hall–Kier alpha value is -2.04. The Balaban J connectivity index is 2.32. The summed E-state index contributed by atoms with van der Waals surface area (Å²) in [5, 5.41) is 0. The molecule has 4 heteroatoms. The molecule has 0 fully saturated rings. The van der Waals surface area contributed by atoms with Crippen molar-refractivity contribution < 1.29 is 18.9 Å². The average Bonchev–Trinajstić information content (AvgIpc) is 2.63. The second-order valence-corrected chi connectivity index (χ2v) is 5.24. The van der Waals surface area contributed by atoms with Gasteiger partial charge in [0.15, 0.2) is 6.29 Å². The lowest BCUT2D eigenvalue weighted by molar-refractivity contribution is -0.108. The maximum atomic E-state index is 5.39. The molecule has 0 saturated heterocycles. The van der Waals surface area contributed by atoms with Crippen molar-refractivity contribution >= 4 is 0 Å². The summed E-state index contributed by atoms with van der Waals surface area (Å²) in [6.45, 7) is 0. The first-order chi connectivity index (χ1) is 11.2. The standard InChI is InChI=1S/C19H24O4/c1-20-16-9-5-14(6-10-16)18(13-19(22-3)23-4)15-7-11-17(21-2)12-8-15/h5-12,18-19H,13H2,1-4H3. The van der Waals surface area contributed by atoms with Crippen molar-refractivity contribution in [2.45, 2.75) is 18.6 Å². The van der Waals surface area contributed by atoms with Gasteiger partial charge in [0.1, 0.15) is 11.5 Å². The van der Waals surface area contributed by atoms with Gasteiger partial charge in [-0.3, -0.25) is 0 Å². The topological polar surface area (TPSA) is 36.9 Å². The zero-order chi connectivity index (χ0) is 16.7. The predicted molar refractivity (Wildman–Crippen MR) is 90.3 cm³/mol. The summed E-state index contributed by atoms with van der Waals surface area (Å²) in [6, 6.07) is 16.2. The summed E-state index contributed by atoms with van der Waals surface area (Å²) in [6.07, 6.45) is 0.468. The largest absolute Gasteiger partial charge is 0.497 e. The maximum Gasteiger partial charge on any atom is 0.157 e. The van der Waals surface area contributed by atoms with Crippen LogP contribution >= 0.6 is 0 Å². The molecule has 2 aromatic rings. The Morgan fingerprint density at radius 1 is 0.652 bits per heavy atom. The van der Waals surface area contributed by atoms with Crippen LogP contribution in [0, 0.1) is 0 Å². The summed E-state index contributed by atoms with van der Waals surface area (Å²) in [4.78, 5) is 0. The second-order valence-electron chi connectivity index (χ2n) is 5.24. The second kappa shape index (κ2) is 8.56. The lowest BCUT2D eigenvalue weighted by Crippen LogP contribution is -2.18. The lowest BCUT2D eigenvalue weighted by Gasteiger charge is -2.23. The van der Waals surface area contributed by atoms with Crippen LogP contribution in [0.4, 0.5) is 0 Å². The molecule has 2 aromatic carbocycles. The number of methoxy groups -OCH3 is 4. The van der Waals surface area contributed by atoms with E-state index in [0.29, 0.717) is 0 Å². The van der Waals surface area contributed by atoms with E-state index in [4.69, 9.17) is 18.9 Å². The van der Waals surface area contributed by atoms with Crippen LogP contribution in [-0.2, 0) is 9.47 Å². The Kier molecular flexibility index (Phi) is 6.44. The van der Waals surface area contributed by atoms with Gasteiger partial charge in [-0.15, -0.1) is 0 Å². The van der Waals surface area contributed by atoms with Crippen molar-refractivity contribution in [3.05, 3.63) is 59.7 Å². The Morgan fingerprint density at radius 3 is 1.35 bits per heavy atom. The van der Waals surface area contributed by atoms with Crippen LogP contribution in [0.2, 0.25) is 0 Å². The number of rotatable bonds is 8. The van der Waals surface area contributed by atoms with Gasteiger partial charge in [-0.2, -0.15) is 0 Å². The van der Waals surface area contributed by atoms with E-state index in [1.807, 2.05) is 24.3 Å². The van der Waals surface area contributed by atoms with E-state index in [1.54, 1.807) is 28.4 Å². The molecule has 2 rings (SSSR count). The molecule has 0 aliphatic carbocycles. The van der Waals surface area contributed by atoms with Crippen LogP contribution < -0.4 is 9.47 Å². The van der Waals surface area contributed by atoms with Crippen LogP contribution in [-0.4, -0.2) is 34.7 Å². The van der Waals surface area contributed by atoms with Gasteiger partial charge in [0.2, 0.25) is 0 Å². The van der Waals surface area contributed by atoms with Crippen molar-refractivity contribution in [2.24, 2.45) is 0 Å². The number of benzene rings is 2. The Labute approximate surface area is 137 Å². The highest BCUT2D eigenvalue weighted by Gasteiger charge is 2.20. The van der Waals surface area contributed by atoms with Crippen LogP contribution in [0.1, 0.15) is 23.5 Å². The zero-order valence-corrected chi connectivity index (χ0v) is 14.1. The molecule has 0 saturated carbocycles. The summed E-state index contributed by atoms with van der Waals surface area (Å²) >= 11 is 0. The molecule has 0 aromatic heterocycles. The zero-order valence-electron chi connectivity index (χ0n) is 14.1. The quantitative estimate of drug-likeness (QED) is 0.693. The molecule has 0 unspecified atom stereocenters. The molecule has 0 aliphatic heterocycles. The van der Waals surface area contributed by atoms with Crippen molar-refractivity contribution in [1.29, 1.82) is 0 Å². The molecule has 0 bridgehead atoms. The molecule has 4 nitrogen and oxygen atoms in total. The van der Waals surface area contributed by atoms with Gasteiger partial charge in [0.25, 0.3) is 0 Å². The predicted octanol–water partition coefficient (Wildman–Crippen LogP) is 3.84. The third-order valence-electron chi connectivity index (χ3n) is 3.99. The van der Waals surface area contributed by atoms with E-state index in [-0.39, 0.29) is 12.2 Å². The minimum atomic E-state index is -0.260. The molecule has 0 atom stereocenters. The average molecular weight is 316 g/mol. The van der Waals surface area contributed by atoms with E-state index < -0.39 is 0 Å². The van der Waals surface area contributed by atoms with E-state index in [2.05, 4.69) is 24.3 Å². The van der Waals surface area contributed by atoms with Crippen molar-refractivity contribution in [3.8, 4) is 11.5 Å². The first-order valence-corrected chi connectivity index (χ1v) is 7.55. The monoisotopic (exact) mass is 316 g/mol. The van der Waals surface area contributed by atoms with Crippen molar-refractivity contribution in [3.63, 3.8) is 0 Å². The van der Waals surface area contributed by atoms with Crippen LogP contribution in [0.25, 0.3) is 0 Å². The SMILES string of the molecule is COc1ccc(C(CC(OC)OC)c2ccc(OC)cc2)cc1. The van der Waals surface area contributed by atoms with Gasteiger partial charge in [-0.1, -0.05) is 24.3 Å². The van der Waals surface area contributed by atoms with Gasteiger partial charge >= 0.3 is 0 Å². The minimum absolute atomic E-state index is 0.164. The van der Waals surface area contributed by atoms with Crippen LogP contribution in [0.5, 0.6) is 11.5 Å². The highest BCUT2D eigenvalue weighted by atomic mass is 16.7. The summed E-state index contributed by atoms with van der Waals surface area (Å²) < 4.78 is 21.3. The molecule has 0 heterocycles. The number of hydrogen-bond donors (Lipinski definition) is 0.